The van der Waals surface area contributed by atoms with Gasteiger partial charge in [-0.15, -0.1) is 0 Å². The third kappa shape index (κ3) is 2.03. The van der Waals surface area contributed by atoms with Crippen LogP contribution < -0.4 is 5.56 Å². The Morgan fingerprint density at radius 2 is 2.30 bits per heavy atom. The molecule has 0 unspecified atom stereocenters. The third-order valence-electron chi connectivity index (χ3n) is 3.22. The summed E-state index contributed by atoms with van der Waals surface area (Å²) in [6.45, 7) is 0.288. The van der Waals surface area contributed by atoms with Gasteiger partial charge in [-0.05, 0) is 15.9 Å². The van der Waals surface area contributed by atoms with Crippen molar-refractivity contribution in [3.05, 3.63) is 31.7 Å². The fourth-order valence-electron chi connectivity index (χ4n) is 2.16. The maximum atomic E-state index is 12.4. The highest BCUT2D eigenvalue weighted by molar-refractivity contribution is 9.10. The average molecular weight is 364 g/mol. The number of fused-ring (bicyclic) bond motifs is 1. The van der Waals surface area contributed by atoms with E-state index in [9.17, 15) is 14.0 Å². The molecule has 1 N–H and O–H groups in total. The summed E-state index contributed by atoms with van der Waals surface area (Å²) in [4.78, 5) is 29.6. The topological polar surface area (TPSA) is 70.5 Å². The fraction of sp³-hybridized carbons (Fsp3) is 0.364. The molecule has 106 valence electrons. The largest absolute Gasteiger partial charge is 0.338 e. The molecule has 3 heterocycles. The number of amides is 1. The fourth-order valence-corrected chi connectivity index (χ4v) is 2.86. The molecule has 2 aromatic heterocycles. The van der Waals surface area contributed by atoms with Crippen molar-refractivity contribution in [3.8, 4) is 0 Å². The minimum atomic E-state index is -0.442. The van der Waals surface area contributed by atoms with Gasteiger partial charge < -0.3 is 4.90 Å². The predicted molar refractivity (Wildman–Crippen MR) is 73.9 cm³/mol. The van der Waals surface area contributed by atoms with E-state index < -0.39 is 12.2 Å². The zero-order valence-electron chi connectivity index (χ0n) is 10.1. The lowest BCUT2D eigenvalue weighted by Gasteiger charge is -2.37. The van der Waals surface area contributed by atoms with Crippen LogP contribution in [0.25, 0.3) is 5.65 Å². The standard InChI is InChI=1S/C11H9BrClFN4O2/c12-9-8(11(20)17-3-5(2-14)4-17)10-15-6(13)1-7(19)18(10)16-9/h1,5,16H,2-4H2. The number of rotatable bonds is 2. The molecule has 0 bridgehead atoms. The van der Waals surface area contributed by atoms with Crippen molar-refractivity contribution in [1.29, 1.82) is 0 Å². The number of hydrogen-bond acceptors (Lipinski definition) is 3. The first kappa shape index (κ1) is 13.6. The van der Waals surface area contributed by atoms with Gasteiger partial charge in [-0.25, -0.2) is 4.98 Å². The molecule has 0 radical (unpaired) electrons. The minimum absolute atomic E-state index is 0.0146. The van der Waals surface area contributed by atoms with Crippen LogP contribution in [0.1, 0.15) is 10.4 Å². The van der Waals surface area contributed by atoms with E-state index >= 15 is 0 Å². The molecular weight excluding hydrogens is 355 g/mol. The average Bonchev–Trinajstić information content (AvgIpc) is 2.64. The maximum absolute atomic E-state index is 12.4. The number of alkyl halides is 1. The van der Waals surface area contributed by atoms with E-state index in [4.69, 9.17) is 11.6 Å². The van der Waals surface area contributed by atoms with Gasteiger partial charge in [0.15, 0.2) is 5.65 Å². The van der Waals surface area contributed by atoms with Crippen molar-refractivity contribution in [1.82, 2.24) is 19.5 Å². The summed E-state index contributed by atoms with van der Waals surface area (Å²) in [5.74, 6) is -0.420. The van der Waals surface area contributed by atoms with E-state index in [2.05, 4.69) is 26.0 Å². The molecule has 1 saturated heterocycles. The molecule has 9 heteroatoms. The van der Waals surface area contributed by atoms with Crippen LogP contribution in [0.5, 0.6) is 0 Å². The van der Waals surface area contributed by atoms with E-state index in [0.29, 0.717) is 17.7 Å². The number of H-pyrrole nitrogens is 1. The monoisotopic (exact) mass is 362 g/mol. The summed E-state index contributed by atoms with van der Waals surface area (Å²) < 4.78 is 13.9. The van der Waals surface area contributed by atoms with Gasteiger partial charge in [0.05, 0.1) is 6.67 Å². The molecule has 0 saturated carbocycles. The van der Waals surface area contributed by atoms with Crippen molar-refractivity contribution >= 4 is 39.1 Å². The molecule has 1 amide bonds. The van der Waals surface area contributed by atoms with Gasteiger partial charge in [0.1, 0.15) is 15.3 Å². The number of aromatic nitrogens is 3. The summed E-state index contributed by atoms with van der Waals surface area (Å²) in [5, 5.41) is 2.72. The first-order valence-electron chi connectivity index (χ1n) is 5.83. The van der Waals surface area contributed by atoms with Crippen molar-refractivity contribution in [2.75, 3.05) is 19.8 Å². The third-order valence-corrected chi connectivity index (χ3v) is 3.98. The summed E-state index contributed by atoms with van der Waals surface area (Å²) >= 11 is 8.96. The van der Waals surface area contributed by atoms with Gasteiger partial charge in [0, 0.05) is 25.1 Å². The first-order valence-corrected chi connectivity index (χ1v) is 7.00. The zero-order chi connectivity index (χ0) is 14.4. The molecule has 3 rings (SSSR count). The molecule has 1 fully saturated rings. The number of hydrogen-bond donors (Lipinski definition) is 1. The Morgan fingerprint density at radius 3 is 2.95 bits per heavy atom. The Bertz CT molecular complexity index is 753. The lowest BCUT2D eigenvalue weighted by molar-refractivity contribution is 0.0453. The van der Waals surface area contributed by atoms with Gasteiger partial charge in [-0.3, -0.25) is 19.1 Å². The predicted octanol–water partition coefficient (Wildman–Crippen LogP) is 1.48. The first-order chi connectivity index (χ1) is 9.51. The van der Waals surface area contributed by atoms with E-state index in [1.54, 1.807) is 0 Å². The van der Waals surface area contributed by atoms with Crippen LogP contribution in [-0.4, -0.2) is 45.2 Å². The molecule has 1 aliphatic heterocycles. The van der Waals surface area contributed by atoms with E-state index in [1.165, 1.54) is 4.90 Å². The molecule has 0 aromatic carbocycles. The Morgan fingerprint density at radius 1 is 1.60 bits per heavy atom. The zero-order valence-corrected chi connectivity index (χ0v) is 12.4. The van der Waals surface area contributed by atoms with Crippen molar-refractivity contribution in [2.24, 2.45) is 5.92 Å². The Labute approximate surface area is 125 Å². The number of carbonyl (C=O) groups is 1. The number of nitrogens with zero attached hydrogens (tertiary/aromatic N) is 3. The lowest BCUT2D eigenvalue weighted by atomic mass is 10.0. The summed E-state index contributed by atoms with van der Waals surface area (Å²) in [7, 11) is 0. The van der Waals surface area contributed by atoms with E-state index in [1.807, 2.05) is 0 Å². The lowest BCUT2D eigenvalue weighted by Crippen LogP contribution is -2.50. The van der Waals surface area contributed by atoms with E-state index in [0.717, 1.165) is 10.6 Å². The van der Waals surface area contributed by atoms with Gasteiger partial charge in [-0.2, -0.15) is 4.52 Å². The molecule has 2 aromatic rings. The highest BCUT2D eigenvalue weighted by Gasteiger charge is 2.34. The van der Waals surface area contributed by atoms with Gasteiger partial charge in [-0.1, -0.05) is 11.6 Å². The smallest absolute Gasteiger partial charge is 0.274 e. The number of nitrogens with one attached hydrogen (secondary N) is 1. The van der Waals surface area contributed by atoms with Gasteiger partial charge in [0.2, 0.25) is 0 Å². The molecule has 1 aliphatic rings. The summed E-state index contributed by atoms with van der Waals surface area (Å²) in [6.07, 6.45) is 0. The second kappa shape index (κ2) is 4.85. The highest BCUT2D eigenvalue weighted by Crippen LogP contribution is 2.25. The molecular formula is C11H9BrClFN4O2. The van der Waals surface area contributed by atoms with Crippen LogP contribution in [0.4, 0.5) is 4.39 Å². The van der Waals surface area contributed by atoms with Crippen LogP contribution in [-0.2, 0) is 0 Å². The number of aromatic amines is 1. The van der Waals surface area contributed by atoms with Crippen LogP contribution in [0, 0.1) is 5.92 Å². The van der Waals surface area contributed by atoms with Crippen molar-refractivity contribution in [2.45, 2.75) is 0 Å². The SMILES string of the molecule is O=C(c1c(Br)[nH]n2c(=O)cc(Cl)nc12)N1CC(CF)C1. The quantitative estimate of drug-likeness (QED) is 0.822. The molecule has 0 atom stereocenters. The minimum Gasteiger partial charge on any atom is -0.338 e. The van der Waals surface area contributed by atoms with Gasteiger partial charge >= 0.3 is 0 Å². The van der Waals surface area contributed by atoms with E-state index in [-0.39, 0.29) is 28.2 Å². The van der Waals surface area contributed by atoms with Crippen LogP contribution in [0.15, 0.2) is 15.5 Å². The second-order valence-electron chi connectivity index (χ2n) is 4.61. The molecule has 6 nitrogen and oxygen atoms in total. The van der Waals surface area contributed by atoms with Crippen LogP contribution in [0.2, 0.25) is 5.15 Å². The van der Waals surface area contributed by atoms with Crippen LogP contribution >= 0.6 is 27.5 Å². The summed E-state index contributed by atoms with van der Waals surface area (Å²) in [5.41, 5.74) is -0.0324. The Hall–Kier alpha value is -1.41. The molecule has 0 spiro atoms. The Kier molecular flexibility index (Phi) is 3.29. The maximum Gasteiger partial charge on any atom is 0.274 e. The van der Waals surface area contributed by atoms with Crippen LogP contribution in [0.3, 0.4) is 0 Å². The normalized spacial score (nSPS) is 15.7. The number of likely N-dealkylation sites (tertiary alicyclic amines) is 1. The highest BCUT2D eigenvalue weighted by atomic mass is 79.9. The molecule has 20 heavy (non-hydrogen) atoms. The van der Waals surface area contributed by atoms with Gasteiger partial charge in [0.25, 0.3) is 11.5 Å². The number of halogens is 3. The van der Waals surface area contributed by atoms with Crippen molar-refractivity contribution in [3.63, 3.8) is 0 Å². The van der Waals surface area contributed by atoms with Crippen molar-refractivity contribution < 1.29 is 9.18 Å². The number of carbonyl (C=O) groups excluding carboxylic acids is 1. The Balaban J connectivity index is 2.05. The second-order valence-corrected chi connectivity index (χ2v) is 5.79. The molecule has 0 aliphatic carbocycles. The summed E-state index contributed by atoms with van der Waals surface area (Å²) in [6, 6.07) is 1.15.